The molecule has 1 atom stereocenters. The van der Waals surface area contributed by atoms with Crippen LogP contribution in [0.2, 0.25) is 0 Å². The summed E-state index contributed by atoms with van der Waals surface area (Å²) in [4.78, 5) is 15.9. The van der Waals surface area contributed by atoms with E-state index in [1.165, 1.54) is 0 Å². The molecule has 6 nitrogen and oxygen atoms in total. The van der Waals surface area contributed by atoms with E-state index in [1.807, 2.05) is 7.05 Å². The second-order valence-electron chi connectivity index (χ2n) is 5.91. The van der Waals surface area contributed by atoms with Crippen LogP contribution in [-0.2, 0) is 9.53 Å². The number of carbonyl (C=O) groups excluding carboxylic acids is 1. The van der Waals surface area contributed by atoms with Crippen LogP contribution < -0.4 is 5.32 Å². The average molecular weight is 287 g/mol. The van der Waals surface area contributed by atoms with Gasteiger partial charge in [-0.1, -0.05) is 13.8 Å². The van der Waals surface area contributed by atoms with E-state index in [1.54, 1.807) is 4.90 Å². The third-order valence-corrected chi connectivity index (χ3v) is 3.27. The Balaban J connectivity index is 2.21. The van der Waals surface area contributed by atoms with Crippen molar-refractivity contribution in [3.8, 4) is 0 Å². The molecule has 1 rings (SSSR count). The van der Waals surface area contributed by atoms with E-state index in [0.717, 1.165) is 26.2 Å². The first kappa shape index (κ1) is 17.4. The molecule has 1 aliphatic heterocycles. The zero-order chi connectivity index (χ0) is 15.0. The summed E-state index contributed by atoms with van der Waals surface area (Å²) in [5.74, 6) is 0.626. The Morgan fingerprint density at radius 2 is 2.30 bits per heavy atom. The van der Waals surface area contributed by atoms with Crippen LogP contribution in [0.3, 0.4) is 0 Å². The second kappa shape index (κ2) is 9.28. The summed E-state index contributed by atoms with van der Waals surface area (Å²) in [6, 6.07) is 0. The van der Waals surface area contributed by atoms with Crippen molar-refractivity contribution in [3.63, 3.8) is 0 Å². The first-order chi connectivity index (χ1) is 9.51. The standard InChI is InChI=1S/C14H29N3O3/c1-12(2)9-17-5-7-20-13(10-17)8-15-14(19)11-16(3)4-6-18/h12-13,18H,4-11H2,1-3H3,(H,15,19)/t13-/m0/s1. The predicted octanol–water partition coefficient (Wildman–Crippen LogP) is -0.616. The Bertz CT molecular complexity index is 287. The molecule has 6 heteroatoms. The van der Waals surface area contributed by atoms with Gasteiger partial charge in [-0.05, 0) is 13.0 Å². The van der Waals surface area contributed by atoms with Crippen LogP contribution in [0.25, 0.3) is 0 Å². The molecule has 1 aliphatic rings. The molecular formula is C14H29N3O3. The Labute approximate surface area is 122 Å². The Hall–Kier alpha value is -0.690. The van der Waals surface area contributed by atoms with E-state index in [9.17, 15) is 4.79 Å². The minimum absolute atomic E-state index is 0.0227. The quantitative estimate of drug-likeness (QED) is 0.623. The summed E-state index contributed by atoms with van der Waals surface area (Å²) < 4.78 is 5.68. The number of amides is 1. The van der Waals surface area contributed by atoms with Gasteiger partial charge in [-0.15, -0.1) is 0 Å². The number of morpholine rings is 1. The molecular weight excluding hydrogens is 258 g/mol. The molecule has 0 aromatic rings. The number of nitrogens with zero attached hydrogens (tertiary/aromatic N) is 2. The number of rotatable bonds is 8. The summed E-state index contributed by atoms with van der Waals surface area (Å²) in [6.45, 7) is 9.53. The van der Waals surface area contributed by atoms with Crippen LogP contribution in [0.4, 0.5) is 0 Å². The predicted molar refractivity (Wildman–Crippen MR) is 78.6 cm³/mol. The van der Waals surface area contributed by atoms with Gasteiger partial charge >= 0.3 is 0 Å². The van der Waals surface area contributed by atoms with E-state index in [0.29, 0.717) is 25.6 Å². The molecule has 1 fully saturated rings. The normalized spacial score (nSPS) is 20.6. The molecule has 0 aromatic heterocycles. The number of hydrogen-bond acceptors (Lipinski definition) is 5. The minimum Gasteiger partial charge on any atom is -0.395 e. The molecule has 0 unspecified atom stereocenters. The zero-order valence-corrected chi connectivity index (χ0v) is 13.0. The molecule has 0 spiro atoms. The molecule has 20 heavy (non-hydrogen) atoms. The number of aliphatic hydroxyl groups is 1. The van der Waals surface area contributed by atoms with Crippen molar-refractivity contribution < 1.29 is 14.6 Å². The van der Waals surface area contributed by atoms with Crippen molar-refractivity contribution >= 4 is 5.91 Å². The van der Waals surface area contributed by atoms with Crippen LogP contribution >= 0.6 is 0 Å². The van der Waals surface area contributed by atoms with Crippen LogP contribution in [0.15, 0.2) is 0 Å². The maximum absolute atomic E-state index is 11.7. The first-order valence-corrected chi connectivity index (χ1v) is 7.41. The molecule has 0 aromatic carbocycles. The molecule has 0 bridgehead atoms. The Morgan fingerprint density at radius 1 is 1.55 bits per heavy atom. The maximum atomic E-state index is 11.7. The van der Waals surface area contributed by atoms with E-state index in [-0.39, 0.29) is 18.6 Å². The van der Waals surface area contributed by atoms with E-state index >= 15 is 0 Å². The largest absolute Gasteiger partial charge is 0.395 e. The van der Waals surface area contributed by atoms with Crippen LogP contribution in [0.1, 0.15) is 13.8 Å². The van der Waals surface area contributed by atoms with Gasteiger partial charge in [-0.3, -0.25) is 14.6 Å². The molecule has 0 radical (unpaired) electrons. The molecule has 0 aliphatic carbocycles. The lowest BCUT2D eigenvalue weighted by molar-refractivity contribution is -0.123. The van der Waals surface area contributed by atoms with E-state index in [2.05, 4.69) is 24.1 Å². The van der Waals surface area contributed by atoms with E-state index < -0.39 is 0 Å². The van der Waals surface area contributed by atoms with Crippen LogP contribution in [0.5, 0.6) is 0 Å². The summed E-state index contributed by atoms with van der Waals surface area (Å²) in [5, 5.41) is 11.7. The van der Waals surface area contributed by atoms with E-state index in [4.69, 9.17) is 9.84 Å². The molecule has 1 amide bonds. The molecule has 118 valence electrons. The number of likely N-dealkylation sites (N-methyl/N-ethyl adjacent to an activating group) is 1. The average Bonchev–Trinajstić information content (AvgIpc) is 2.36. The van der Waals surface area contributed by atoms with Gasteiger partial charge in [0.15, 0.2) is 0 Å². The van der Waals surface area contributed by atoms with Gasteiger partial charge in [0, 0.05) is 32.7 Å². The van der Waals surface area contributed by atoms with Gasteiger partial charge in [-0.25, -0.2) is 0 Å². The minimum atomic E-state index is -0.0227. The van der Waals surface area contributed by atoms with Crippen LogP contribution in [-0.4, -0.2) is 86.4 Å². The fourth-order valence-electron chi connectivity index (χ4n) is 2.36. The Morgan fingerprint density at radius 3 is 2.95 bits per heavy atom. The van der Waals surface area contributed by atoms with Crippen molar-refractivity contribution in [2.45, 2.75) is 20.0 Å². The lowest BCUT2D eigenvalue weighted by Crippen LogP contribution is -2.49. The van der Waals surface area contributed by atoms with Gasteiger partial charge in [0.25, 0.3) is 0 Å². The van der Waals surface area contributed by atoms with Crippen LogP contribution in [0, 0.1) is 5.92 Å². The fraction of sp³-hybridized carbons (Fsp3) is 0.929. The smallest absolute Gasteiger partial charge is 0.234 e. The lowest BCUT2D eigenvalue weighted by Gasteiger charge is -2.34. The number of nitrogens with one attached hydrogen (secondary N) is 1. The fourth-order valence-corrected chi connectivity index (χ4v) is 2.36. The van der Waals surface area contributed by atoms with Crippen molar-refractivity contribution in [1.82, 2.24) is 15.1 Å². The molecule has 1 heterocycles. The summed E-state index contributed by atoms with van der Waals surface area (Å²) in [6.07, 6.45) is 0.0783. The van der Waals surface area contributed by atoms with Crippen molar-refractivity contribution in [1.29, 1.82) is 0 Å². The lowest BCUT2D eigenvalue weighted by atomic mass is 10.2. The highest BCUT2D eigenvalue weighted by atomic mass is 16.5. The number of aliphatic hydroxyl groups excluding tert-OH is 1. The molecule has 1 saturated heterocycles. The van der Waals surface area contributed by atoms with Gasteiger partial charge in [0.2, 0.25) is 5.91 Å². The van der Waals surface area contributed by atoms with Crippen molar-refractivity contribution in [3.05, 3.63) is 0 Å². The summed E-state index contributed by atoms with van der Waals surface area (Å²) in [7, 11) is 1.82. The molecule has 0 saturated carbocycles. The van der Waals surface area contributed by atoms with Crippen molar-refractivity contribution in [2.75, 3.05) is 59.5 Å². The number of ether oxygens (including phenoxy) is 1. The Kier molecular flexibility index (Phi) is 8.06. The number of carbonyl (C=O) groups is 1. The third kappa shape index (κ3) is 7.19. The maximum Gasteiger partial charge on any atom is 0.234 e. The van der Waals surface area contributed by atoms with Gasteiger partial charge < -0.3 is 15.2 Å². The highest BCUT2D eigenvalue weighted by molar-refractivity contribution is 5.77. The first-order valence-electron chi connectivity index (χ1n) is 7.41. The van der Waals surface area contributed by atoms with Gasteiger partial charge in [0.05, 0.1) is 25.9 Å². The second-order valence-corrected chi connectivity index (χ2v) is 5.91. The molecule has 2 N–H and O–H groups in total. The van der Waals surface area contributed by atoms with Gasteiger partial charge in [0.1, 0.15) is 0 Å². The van der Waals surface area contributed by atoms with Crippen molar-refractivity contribution in [2.24, 2.45) is 5.92 Å². The summed E-state index contributed by atoms with van der Waals surface area (Å²) in [5.41, 5.74) is 0. The highest BCUT2D eigenvalue weighted by Gasteiger charge is 2.21. The zero-order valence-electron chi connectivity index (χ0n) is 13.0. The monoisotopic (exact) mass is 287 g/mol. The summed E-state index contributed by atoms with van der Waals surface area (Å²) >= 11 is 0. The highest BCUT2D eigenvalue weighted by Crippen LogP contribution is 2.07. The third-order valence-electron chi connectivity index (χ3n) is 3.27. The topological polar surface area (TPSA) is 65.0 Å². The SMILES string of the molecule is CC(C)CN1CCO[C@@H](CNC(=O)CN(C)CCO)C1. The number of hydrogen-bond donors (Lipinski definition) is 2. The van der Waals surface area contributed by atoms with Gasteiger partial charge in [-0.2, -0.15) is 0 Å².